The van der Waals surface area contributed by atoms with Crippen molar-refractivity contribution >= 4 is 62.9 Å². The lowest BCUT2D eigenvalue weighted by atomic mass is 10.1. The first-order chi connectivity index (χ1) is 25.3. The summed E-state index contributed by atoms with van der Waals surface area (Å²) in [6.07, 6.45) is 2.30. The molecule has 0 radical (unpaired) electrons. The van der Waals surface area contributed by atoms with E-state index < -0.39 is 17.1 Å². The molecule has 260 valence electrons. The monoisotopic (exact) mass is 769 g/mol. The van der Waals surface area contributed by atoms with Crippen LogP contribution in [-0.2, 0) is 16.0 Å². The van der Waals surface area contributed by atoms with Gasteiger partial charge >= 0.3 is 0 Å². The van der Waals surface area contributed by atoms with Gasteiger partial charge in [-0.15, -0.1) is 11.8 Å². The molecule has 5 aromatic carbocycles. The maximum Gasteiger partial charge on any atom is 0.272 e. The van der Waals surface area contributed by atoms with E-state index in [-0.39, 0.29) is 11.6 Å². The summed E-state index contributed by atoms with van der Waals surface area (Å²) in [4.78, 5) is 41.5. The minimum atomic E-state index is -0.530. The SMILES string of the molecule is CCc1cccc(C)c1NC(=O)C(Sc1ccc(NC(=O)C(=Cc2ccc(-c3ccc(Br)cc3)o2)NC(=O)c2ccccc2)cc1)c1ccccc1. The minimum absolute atomic E-state index is 0.00692. The lowest BCUT2D eigenvalue weighted by Gasteiger charge is -2.20. The summed E-state index contributed by atoms with van der Waals surface area (Å²) in [5.41, 5.74) is 5.60. The molecule has 1 heterocycles. The number of thioether (sulfide) groups is 1. The molecule has 9 heteroatoms. The highest BCUT2D eigenvalue weighted by Gasteiger charge is 2.24. The van der Waals surface area contributed by atoms with E-state index in [1.54, 1.807) is 42.5 Å². The van der Waals surface area contributed by atoms with E-state index in [0.717, 1.165) is 43.7 Å². The highest BCUT2D eigenvalue weighted by Crippen LogP contribution is 2.37. The number of benzene rings is 5. The molecule has 0 aliphatic rings. The maximum atomic E-state index is 13.8. The topological polar surface area (TPSA) is 100 Å². The van der Waals surface area contributed by atoms with Crippen molar-refractivity contribution < 1.29 is 18.8 Å². The number of aryl methyl sites for hydroxylation is 2. The highest BCUT2D eigenvalue weighted by atomic mass is 79.9. The van der Waals surface area contributed by atoms with Crippen LogP contribution >= 0.6 is 27.7 Å². The van der Waals surface area contributed by atoms with Gasteiger partial charge in [0.05, 0.1) is 0 Å². The molecule has 6 rings (SSSR count). The number of carbonyl (C=O) groups is 3. The second-order valence-corrected chi connectivity index (χ2v) is 14.0. The Morgan fingerprint density at radius 1 is 0.769 bits per heavy atom. The third-order valence-corrected chi connectivity index (χ3v) is 10.1. The number of halogens is 1. The Balaban J connectivity index is 1.21. The Hall–Kier alpha value is -5.64. The third-order valence-electron chi connectivity index (χ3n) is 8.27. The molecule has 0 fully saturated rings. The number of hydrogen-bond donors (Lipinski definition) is 3. The van der Waals surface area contributed by atoms with Crippen LogP contribution < -0.4 is 16.0 Å². The zero-order chi connectivity index (χ0) is 36.5. The summed E-state index contributed by atoms with van der Waals surface area (Å²) in [7, 11) is 0. The Bertz CT molecular complexity index is 2200. The van der Waals surface area contributed by atoms with E-state index in [1.807, 2.05) is 104 Å². The molecule has 0 aliphatic carbocycles. The highest BCUT2D eigenvalue weighted by molar-refractivity contribution is 9.10. The molecule has 3 amide bonds. The predicted molar refractivity (Wildman–Crippen MR) is 213 cm³/mol. The smallest absolute Gasteiger partial charge is 0.272 e. The summed E-state index contributed by atoms with van der Waals surface area (Å²) < 4.78 is 6.98. The zero-order valence-electron chi connectivity index (χ0n) is 28.6. The molecule has 1 aromatic heterocycles. The van der Waals surface area contributed by atoms with Crippen LogP contribution in [0.3, 0.4) is 0 Å². The molecule has 3 N–H and O–H groups in total. The first-order valence-electron chi connectivity index (χ1n) is 16.7. The standard InChI is InChI=1S/C43H36BrN3O4S/c1-3-29-16-10-11-28(2)39(29)47-43(50)40(31-12-6-4-7-13-31)52-36-24-21-34(22-25-36)45-42(49)37(46-41(48)32-14-8-5-9-15-32)27-35-23-26-38(51-35)30-17-19-33(44)20-18-30/h4-27,40H,3H2,1-2H3,(H,45,49)(H,46,48)(H,47,50). The van der Waals surface area contributed by atoms with E-state index >= 15 is 0 Å². The van der Waals surface area contributed by atoms with E-state index in [0.29, 0.717) is 22.8 Å². The van der Waals surface area contributed by atoms with E-state index in [2.05, 4.69) is 38.8 Å². The second-order valence-electron chi connectivity index (χ2n) is 11.9. The Labute approximate surface area is 315 Å². The van der Waals surface area contributed by atoms with Crippen molar-refractivity contribution in [3.05, 3.63) is 178 Å². The number of anilines is 2. The number of rotatable bonds is 12. The quantitative estimate of drug-likeness (QED) is 0.0850. The second kappa shape index (κ2) is 17.0. The first kappa shape index (κ1) is 36.2. The average Bonchev–Trinajstić information content (AvgIpc) is 3.64. The van der Waals surface area contributed by atoms with Gasteiger partial charge in [-0.3, -0.25) is 14.4 Å². The Kier molecular flexibility index (Phi) is 11.9. The van der Waals surface area contributed by atoms with Crippen molar-refractivity contribution in [3.8, 4) is 11.3 Å². The summed E-state index contributed by atoms with van der Waals surface area (Å²) in [5.74, 6) is -0.0747. The van der Waals surface area contributed by atoms with Crippen molar-refractivity contribution in [1.29, 1.82) is 0 Å². The largest absolute Gasteiger partial charge is 0.457 e. The molecule has 0 bridgehead atoms. The van der Waals surface area contributed by atoms with Crippen LogP contribution in [0.4, 0.5) is 11.4 Å². The zero-order valence-corrected chi connectivity index (χ0v) is 31.0. The van der Waals surface area contributed by atoms with Crippen LogP contribution in [0.2, 0.25) is 0 Å². The van der Waals surface area contributed by atoms with Crippen molar-refractivity contribution in [2.75, 3.05) is 10.6 Å². The summed E-state index contributed by atoms with van der Waals surface area (Å²) in [5, 5.41) is 8.31. The van der Waals surface area contributed by atoms with Crippen molar-refractivity contribution in [1.82, 2.24) is 5.32 Å². The van der Waals surface area contributed by atoms with Crippen LogP contribution in [0.1, 0.15) is 45.0 Å². The van der Waals surface area contributed by atoms with Gasteiger partial charge in [0.15, 0.2) is 0 Å². The van der Waals surface area contributed by atoms with Gasteiger partial charge < -0.3 is 20.4 Å². The fourth-order valence-corrected chi connectivity index (χ4v) is 6.82. The number of amides is 3. The summed E-state index contributed by atoms with van der Waals surface area (Å²) >= 11 is 4.87. The summed E-state index contributed by atoms with van der Waals surface area (Å²) in [6.45, 7) is 4.07. The Morgan fingerprint density at radius 2 is 1.46 bits per heavy atom. The van der Waals surface area contributed by atoms with Crippen molar-refractivity contribution in [2.45, 2.75) is 30.4 Å². The molecule has 1 unspecified atom stereocenters. The molecule has 0 saturated heterocycles. The number of hydrogen-bond acceptors (Lipinski definition) is 5. The van der Waals surface area contributed by atoms with Gasteiger partial charge in [0, 0.05) is 37.9 Å². The van der Waals surface area contributed by atoms with Gasteiger partial charge in [0.2, 0.25) is 5.91 Å². The molecule has 7 nitrogen and oxygen atoms in total. The number of para-hydroxylation sites is 1. The van der Waals surface area contributed by atoms with Crippen molar-refractivity contribution in [2.24, 2.45) is 0 Å². The molecule has 6 aromatic rings. The van der Waals surface area contributed by atoms with Gasteiger partial charge in [-0.1, -0.05) is 102 Å². The van der Waals surface area contributed by atoms with Gasteiger partial charge in [0.25, 0.3) is 11.8 Å². The normalized spacial score (nSPS) is 11.8. The van der Waals surface area contributed by atoms with Gasteiger partial charge in [-0.2, -0.15) is 0 Å². The van der Waals surface area contributed by atoms with E-state index in [9.17, 15) is 14.4 Å². The Morgan fingerprint density at radius 3 is 2.15 bits per heavy atom. The lowest BCUT2D eigenvalue weighted by molar-refractivity contribution is -0.116. The molecule has 0 spiro atoms. The van der Waals surface area contributed by atoms with Crippen LogP contribution in [0.5, 0.6) is 0 Å². The van der Waals surface area contributed by atoms with Crippen LogP contribution in [0.25, 0.3) is 17.4 Å². The van der Waals surface area contributed by atoms with Gasteiger partial charge in [-0.25, -0.2) is 0 Å². The van der Waals surface area contributed by atoms with E-state index in [1.165, 1.54) is 17.8 Å². The van der Waals surface area contributed by atoms with Crippen LogP contribution in [-0.4, -0.2) is 17.7 Å². The number of nitrogens with one attached hydrogen (secondary N) is 3. The number of furan rings is 1. The van der Waals surface area contributed by atoms with Gasteiger partial charge in [-0.05, 0) is 90.7 Å². The number of carbonyl (C=O) groups excluding carboxylic acids is 3. The molecule has 0 aliphatic heterocycles. The van der Waals surface area contributed by atoms with Gasteiger partial charge in [0.1, 0.15) is 22.5 Å². The third kappa shape index (κ3) is 9.17. The fraction of sp³-hybridized carbons (Fsp3) is 0.0930. The molecular weight excluding hydrogens is 734 g/mol. The molecule has 0 saturated carbocycles. The molecule has 1 atom stereocenters. The minimum Gasteiger partial charge on any atom is -0.457 e. The lowest BCUT2D eigenvalue weighted by Crippen LogP contribution is -2.30. The average molecular weight is 771 g/mol. The predicted octanol–water partition coefficient (Wildman–Crippen LogP) is 10.5. The summed E-state index contributed by atoms with van der Waals surface area (Å²) in [6, 6.07) is 42.9. The molecule has 52 heavy (non-hydrogen) atoms. The first-order valence-corrected chi connectivity index (χ1v) is 18.4. The molecular formula is C43H36BrN3O4S. The van der Waals surface area contributed by atoms with Crippen molar-refractivity contribution in [3.63, 3.8) is 0 Å². The fourth-order valence-electron chi connectivity index (χ4n) is 5.53. The maximum absolute atomic E-state index is 13.8. The van der Waals surface area contributed by atoms with Crippen LogP contribution in [0, 0.1) is 6.92 Å². The van der Waals surface area contributed by atoms with E-state index in [4.69, 9.17) is 4.42 Å². The van der Waals surface area contributed by atoms with Crippen LogP contribution in [0.15, 0.2) is 159 Å².